The van der Waals surface area contributed by atoms with Gasteiger partial charge in [-0.25, -0.2) is 0 Å². The van der Waals surface area contributed by atoms with Gasteiger partial charge >= 0.3 is 0 Å². The summed E-state index contributed by atoms with van der Waals surface area (Å²) < 4.78 is 6.70. The third kappa shape index (κ3) is 4.29. The van der Waals surface area contributed by atoms with Crippen LogP contribution in [0.3, 0.4) is 0 Å². The maximum Gasteiger partial charge on any atom is 0.0656 e. The number of methoxy groups -OCH3 is 1. The number of ether oxygens (including phenoxy) is 1. The first-order valence-corrected chi connectivity index (χ1v) is 7.19. The van der Waals surface area contributed by atoms with Crippen LogP contribution in [-0.2, 0) is 4.74 Å². The fourth-order valence-electron chi connectivity index (χ4n) is 1.45. The molecule has 1 aromatic heterocycles. The predicted molar refractivity (Wildman–Crippen MR) is 77.4 cm³/mol. The molecule has 0 aliphatic carbocycles. The highest BCUT2D eigenvalue weighted by Crippen LogP contribution is 2.27. The van der Waals surface area contributed by atoms with Crippen molar-refractivity contribution in [1.82, 2.24) is 5.43 Å². The van der Waals surface area contributed by atoms with Gasteiger partial charge in [0.05, 0.1) is 8.48 Å². The number of rotatable bonds is 6. The number of hydrogen-bond donors (Lipinski definition) is 2. The topological polar surface area (TPSA) is 47.3 Å². The SMILES string of the molecule is COC(C)(C)CCC(NN)c1csc(I)c1. The Labute approximate surface area is 115 Å². The lowest BCUT2D eigenvalue weighted by molar-refractivity contribution is 0.0117. The molecule has 0 fully saturated rings. The third-order valence-electron chi connectivity index (χ3n) is 2.78. The summed E-state index contributed by atoms with van der Waals surface area (Å²) in [6.07, 6.45) is 1.95. The smallest absolute Gasteiger partial charge is 0.0656 e. The second-order valence-electron chi connectivity index (χ2n) is 4.41. The van der Waals surface area contributed by atoms with Crippen LogP contribution in [-0.4, -0.2) is 12.7 Å². The molecule has 16 heavy (non-hydrogen) atoms. The Morgan fingerprint density at radius 1 is 1.62 bits per heavy atom. The van der Waals surface area contributed by atoms with Gasteiger partial charge in [-0.15, -0.1) is 11.3 Å². The maximum absolute atomic E-state index is 5.60. The molecule has 1 atom stereocenters. The maximum atomic E-state index is 5.60. The zero-order chi connectivity index (χ0) is 12.2. The van der Waals surface area contributed by atoms with E-state index >= 15 is 0 Å². The molecule has 0 aliphatic heterocycles. The number of hydrogen-bond acceptors (Lipinski definition) is 4. The average Bonchev–Trinajstić information content (AvgIpc) is 2.66. The first-order valence-electron chi connectivity index (χ1n) is 5.24. The predicted octanol–water partition coefficient (Wildman–Crippen LogP) is 3.06. The molecular weight excluding hydrogens is 335 g/mol. The van der Waals surface area contributed by atoms with E-state index in [9.17, 15) is 0 Å². The quantitative estimate of drug-likeness (QED) is 0.469. The van der Waals surface area contributed by atoms with Crippen molar-refractivity contribution in [3.05, 3.63) is 19.9 Å². The summed E-state index contributed by atoms with van der Waals surface area (Å²) in [5.74, 6) is 5.60. The molecule has 92 valence electrons. The van der Waals surface area contributed by atoms with E-state index in [1.54, 1.807) is 18.4 Å². The van der Waals surface area contributed by atoms with Crippen molar-refractivity contribution in [3.8, 4) is 0 Å². The van der Waals surface area contributed by atoms with Crippen LogP contribution in [0.2, 0.25) is 0 Å². The second kappa shape index (κ2) is 6.30. The van der Waals surface area contributed by atoms with Crippen molar-refractivity contribution in [2.45, 2.75) is 38.3 Å². The van der Waals surface area contributed by atoms with Crippen LogP contribution >= 0.6 is 33.9 Å². The van der Waals surface area contributed by atoms with E-state index in [1.165, 1.54) is 8.45 Å². The number of nitrogens with one attached hydrogen (secondary N) is 1. The van der Waals surface area contributed by atoms with Gasteiger partial charge in [-0.1, -0.05) is 0 Å². The Bertz CT molecular complexity index is 328. The van der Waals surface area contributed by atoms with Crippen LogP contribution in [0.4, 0.5) is 0 Å². The molecule has 0 bridgehead atoms. The van der Waals surface area contributed by atoms with E-state index in [-0.39, 0.29) is 11.6 Å². The van der Waals surface area contributed by atoms with E-state index in [4.69, 9.17) is 10.6 Å². The number of halogens is 1. The Morgan fingerprint density at radius 3 is 2.75 bits per heavy atom. The van der Waals surface area contributed by atoms with Crippen LogP contribution in [0.15, 0.2) is 11.4 Å². The van der Waals surface area contributed by atoms with Crippen LogP contribution in [0.25, 0.3) is 0 Å². The molecule has 0 aliphatic rings. The van der Waals surface area contributed by atoms with Crippen molar-refractivity contribution >= 4 is 33.9 Å². The molecule has 0 saturated carbocycles. The highest BCUT2D eigenvalue weighted by atomic mass is 127. The molecule has 1 heterocycles. The molecule has 3 nitrogen and oxygen atoms in total. The van der Waals surface area contributed by atoms with E-state index < -0.39 is 0 Å². The minimum Gasteiger partial charge on any atom is -0.379 e. The molecule has 1 rings (SSSR count). The molecule has 5 heteroatoms. The normalized spacial score (nSPS) is 14.1. The van der Waals surface area contributed by atoms with Gasteiger partial charge in [0.2, 0.25) is 0 Å². The van der Waals surface area contributed by atoms with Crippen molar-refractivity contribution in [1.29, 1.82) is 0 Å². The molecule has 0 saturated heterocycles. The molecule has 0 aromatic carbocycles. The second-order valence-corrected chi connectivity index (χ2v) is 7.21. The first-order chi connectivity index (χ1) is 7.48. The van der Waals surface area contributed by atoms with Crippen molar-refractivity contribution < 1.29 is 4.74 Å². The molecular formula is C11H19IN2OS. The largest absolute Gasteiger partial charge is 0.379 e. The lowest BCUT2D eigenvalue weighted by Gasteiger charge is -2.25. The molecule has 1 aromatic rings. The van der Waals surface area contributed by atoms with Gasteiger partial charge in [-0.2, -0.15) is 0 Å². The monoisotopic (exact) mass is 354 g/mol. The summed E-state index contributed by atoms with van der Waals surface area (Å²) >= 11 is 4.07. The standard InChI is InChI=1S/C11H19IN2OS/c1-11(2,15-3)5-4-9(14-13)8-6-10(12)16-7-8/h6-7,9,14H,4-5,13H2,1-3H3. The van der Waals surface area contributed by atoms with Gasteiger partial charge in [0.25, 0.3) is 0 Å². The Kier molecular flexibility index (Phi) is 5.66. The highest BCUT2D eigenvalue weighted by molar-refractivity contribution is 14.1. The van der Waals surface area contributed by atoms with Gasteiger partial charge < -0.3 is 4.74 Å². The minimum absolute atomic E-state index is 0.0850. The Hall–Kier alpha value is 0.310. The van der Waals surface area contributed by atoms with Gasteiger partial charge in [0, 0.05) is 13.2 Å². The van der Waals surface area contributed by atoms with Gasteiger partial charge in [0.1, 0.15) is 0 Å². The average molecular weight is 354 g/mol. The summed E-state index contributed by atoms with van der Waals surface area (Å²) in [5, 5.41) is 2.16. The summed E-state index contributed by atoms with van der Waals surface area (Å²) in [6.45, 7) is 4.19. The van der Waals surface area contributed by atoms with Gasteiger partial charge in [-0.05, 0) is 66.3 Å². The van der Waals surface area contributed by atoms with Crippen molar-refractivity contribution in [2.75, 3.05) is 7.11 Å². The van der Waals surface area contributed by atoms with Gasteiger partial charge in [0.15, 0.2) is 0 Å². The highest BCUT2D eigenvalue weighted by Gasteiger charge is 2.20. The van der Waals surface area contributed by atoms with Crippen LogP contribution < -0.4 is 11.3 Å². The van der Waals surface area contributed by atoms with Crippen LogP contribution in [0, 0.1) is 2.88 Å². The zero-order valence-electron chi connectivity index (χ0n) is 9.92. The molecule has 1 unspecified atom stereocenters. The molecule has 0 radical (unpaired) electrons. The van der Waals surface area contributed by atoms with Crippen molar-refractivity contribution in [2.24, 2.45) is 5.84 Å². The molecule has 0 amide bonds. The van der Waals surface area contributed by atoms with E-state index in [2.05, 4.69) is 53.3 Å². The minimum atomic E-state index is -0.0850. The third-order valence-corrected chi connectivity index (χ3v) is 4.59. The first kappa shape index (κ1) is 14.4. The molecule has 3 N–H and O–H groups in total. The fourth-order valence-corrected chi connectivity index (χ4v) is 2.87. The summed E-state index contributed by atoms with van der Waals surface area (Å²) in [7, 11) is 1.75. The summed E-state index contributed by atoms with van der Waals surface area (Å²) in [6, 6.07) is 2.39. The van der Waals surface area contributed by atoms with Crippen molar-refractivity contribution in [3.63, 3.8) is 0 Å². The van der Waals surface area contributed by atoms with E-state index in [1.807, 2.05) is 0 Å². The van der Waals surface area contributed by atoms with Crippen LogP contribution in [0.5, 0.6) is 0 Å². The zero-order valence-corrected chi connectivity index (χ0v) is 12.9. The lowest BCUT2D eigenvalue weighted by atomic mass is 9.96. The fraction of sp³-hybridized carbons (Fsp3) is 0.636. The van der Waals surface area contributed by atoms with E-state index in [0.717, 1.165) is 12.8 Å². The van der Waals surface area contributed by atoms with E-state index in [0.29, 0.717) is 0 Å². The Balaban J connectivity index is 2.56. The molecule has 0 spiro atoms. The lowest BCUT2D eigenvalue weighted by Crippen LogP contribution is -2.31. The van der Waals surface area contributed by atoms with Crippen LogP contribution in [0.1, 0.15) is 38.3 Å². The summed E-state index contributed by atoms with van der Waals surface area (Å²) in [4.78, 5) is 0. The van der Waals surface area contributed by atoms with Gasteiger partial charge in [-0.3, -0.25) is 11.3 Å². The number of nitrogens with two attached hydrogens (primary N) is 1. The summed E-state index contributed by atoms with van der Waals surface area (Å²) in [5.41, 5.74) is 4.06. The number of thiophene rings is 1. The number of hydrazine groups is 1. The Morgan fingerprint density at radius 2 is 2.31 bits per heavy atom.